The van der Waals surface area contributed by atoms with Gasteiger partial charge in [-0.3, -0.25) is 19.3 Å². The summed E-state index contributed by atoms with van der Waals surface area (Å²) in [5.41, 5.74) is 0.624. The molecule has 0 atom stereocenters. The van der Waals surface area contributed by atoms with Crippen LogP contribution in [0.5, 0.6) is 5.75 Å². The van der Waals surface area contributed by atoms with Crippen molar-refractivity contribution in [2.75, 3.05) is 13.2 Å². The van der Waals surface area contributed by atoms with E-state index in [-0.39, 0.29) is 17.3 Å². The summed E-state index contributed by atoms with van der Waals surface area (Å²) in [4.78, 5) is 48.7. The second-order valence-corrected chi connectivity index (χ2v) is 6.50. The number of rotatable bonds is 6. The summed E-state index contributed by atoms with van der Waals surface area (Å²) in [5, 5.41) is -0.534. The van der Waals surface area contributed by atoms with Crippen molar-refractivity contribution in [2.45, 2.75) is 6.92 Å². The molecule has 8 nitrogen and oxygen atoms in total. The first-order valence-corrected chi connectivity index (χ1v) is 9.06. The number of ether oxygens (including phenoxy) is 2. The van der Waals surface area contributed by atoms with Crippen molar-refractivity contribution in [1.29, 1.82) is 0 Å². The lowest BCUT2D eigenvalue weighted by atomic mass is 10.2. The van der Waals surface area contributed by atoms with Crippen LogP contribution >= 0.6 is 11.8 Å². The Bertz CT molecular complexity index is 932. The summed E-state index contributed by atoms with van der Waals surface area (Å²) < 4.78 is 14.9. The SMILES string of the molecule is CCOC(=O)CN1C(=O)S/C(=C\c2ccc(OC(=O)c3ccco3)cc2)C1=O. The van der Waals surface area contributed by atoms with E-state index in [1.165, 1.54) is 18.4 Å². The fourth-order valence-corrected chi connectivity index (χ4v) is 3.15. The highest BCUT2D eigenvalue weighted by atomic mass is 32.2. The molecule has 9 heteroatoms. The zero-order chi connectivity index (χ0) is 20.1. The van der Waals surface area contributed by atoms with Gasteiger partial charge in [-0.05, 0) is 54.6 Å². The Labute approximate surface area is 164 Å². The van der Waals surface area contributed by atoms with Crippen molar-refractivity contribution in [3.63, 3.8) is 0 Å². The summed E-state index contributed by atoms with van der Waals surface area (Å²) in [7, 11) is 0. The molecule has 2 aromatic rings. The Morgan fingerprint density at radius 2 is 1.93 bits per heavy atom. The minimum atomic E-state index is -0.645. The molecule has 144 valence electrons. The predicted molar refractivity (Wildman–Crippen MR) is 99.4 cm³/mol. The maximum atomic E-state index is 12.3. The molecule has 2 amide bonds. The Kier molecular flexibility index (Phi) is 5.95. The molecule has 0 N–H and O–H groups in total. The molecular formula is C19H15NO7S. The van der Waals surface area contributed by atoms with E-state index in [4.69, 9.17) is 13.9 Å². The molecular weight excluding hydrogens is 386 g/mol. The molecule has 0 bridgehead atoms. The lowest BCUT2D eigenvalue weighted by Gasteiger charge is -2.10. The van der Waals surface area contributed by atoms with Crippen LogP contribution in [0.1, 0.15) is 23.0 Å². The van der Waals surface area contributed by atoms with E-state index in [9.17, 15) is 19.2 Å². The zero-order valence-electron chi connectivity index (χ0n) is 14.7. The van der Waals surface area contributed by atoms with Crippen LogP contribution in [0.25, 0.3) is 6.08 Å². The number of hydrogen-bond acceptors (Lipinski definition) is 8. The van der Waals surface area contributed by atoms with Crippen LogP contribution in [0.4, 0.5) is 4.79 Å². The third-order valence-corrected chi connectivity index (χ3v) is 4.48. The quantitative estimate of drug-likeness (QED) is 0.413. The van der Waals surface area contributed by atoms with Crippen LogP contribution < -0.4 is 4.74 Å². The number of nitrogens with zero attached hydrogens (tertiary/aromatic N) is 1. The van der Waals surface area contributed by atoms with E-state index in [2.05, 4.69) is 0 Å². The predicted octanol–water partition coefficient (Wildman–Crippen LogP) is 3.10. The van der Waals surface area contributed by atoms with Gasteiger partial charge in [0.05, 0.1) is 17.8 Å². The largest absolute Gasteiger partial charge is 0.465 e. The third-order valence-electron chi connectivity index (χ3n) is 3.58. The minimum absolute atomic E-state index is 0.0827. The Morgan fingerprint density at radius 1 is 1.18 bits per heavy atom. The molecule has 1 aliphatic rings. The molecule has 2 heterocycles. The van der Waals surface area contributed by atoms with Gasteiger partial charge < -0.3 is 13.9 Å². The first-order valence-electron chi connectivity index (χ1n) is 8.24. The first-order chi connectivity index (χ1) is 13.5. The number of furan rings is 1. The lowest BCUT2D eigenvalue weighted by Crippen LogP contribution is -2.34. The van der Waals surface area contributed by atoms with Gasteiger partial charge >= 0.3 is 11.9 Å². The number of esters is 2. The number of benzene rings is 1. The number of imide groups is 1. The highest BCUT2D eigenvalue weighted by Crippen LogP contribution is 2.32. The standard InChI is InChI=1S/C19H15NO7S/c1-2-25-16(21)11-20-17(22)15(28-19(20)24)10-12-5-7-13(8-6-12)27-18(23)14-4-3-9-26-14/h3-10H,2,11H2,1H3/b15-10-. The number of carbonyl (C=O) groups is 4. The van der Waals surface area contributed by atoms with Gasteiger partial charge in [0.1, 0.15) is 12.3 Å². The van der Waals surface area contributed by atoms with Gasteiger partial charge in [-0.2, -0.15) is 0 Å². The molecule has 1 fully saturated rings. The van der Waals surface area contributed by atoms with Crippen LogP contribution in [0.3, 0.4) is 0 Å². The molecule has 1 aromatic carbocycles. The van der Waals surface area contributed by atoms with Crippen molar-refractivity contribution in [1.82, 2.24) is 4.90 Å². The molecule has 0 radical (unpaired) electrons. The van der Waals surface area contributed by atoms with Gasteiger partial charge in [0.25, 0.3) is 11.1 Å². The highest BCUT2D eigenvalue weighted by Gasteiger charge is 2.36. The molecule has 3 rings (SSSR count). The average molecular weight is 401 g/mol. The smallest absolute Gasteiger partial charge is 0.379 e. The number of carbonyl (C=O) groups excluding carboxylic acids is 4. The fraction of sp³-hybridized carbons (Fsp3) is 0.158. The van der Waals surface area contributed by atoms with Crippen LogP contribution in [0.2, 0.25) is 0 Å². The molecule has 0 aliphatic carbocycles. The van der Waals surface area contributed by atoms with Crippen LogP contribution in [0, 0.1) is 0 Å². The van der Waals surface area contributed by atoms with Crippen molar-refractivity contribution in [3.8, 4) is 5.75 Å². The number of thioether (sulfide) groups is 1. The highest BCUT2D eigenvalue weighted by molar-refractivity contribution is 8.18. The van der Waals surface area contributed by atoms with Crippen molar-refractivity contribution < 1.29 is 33.1 Å². The average Bonchev–Trinajstić information content (AvgIpc) is 3.29. The molecule has 28 heavy (non-hydrogen) atoms. The normalized spacial score (nSPS) is 15.2. The molecule has 0 spiro atoms. The van der Waals surface area contributed by atoms with Gasteiger partial charge in [-0.1, -0.05) is 12.1 Å². The minimum Gasteiger partial charge on any atom is -0.465 e. The maximum absolute atomic E-state index is 12.3. The first kappa shape index (κ1) is 19.4. The topological polar surface area (TPSA) is 103 Å². The molecule has 0 unspecified atom stereocenters. The Morgan fingerprint density at radius 3 is 2.57 bits per heavy atom. The van der Waals surface area contributed by atoms with Gasteiger partial charge in [-0.15, -0.1) is 0 Å². The van der Waals surface area contributed by atoms with Crippen molar-refractivity contribution in [2.24, 2.45) is 0 Å². The van der Waals surface area contributed by atoms with E-state index >= 15 is 0 Å². The van der Waals surface area contributed by atoms with E-state index in [1.807, 2.05) is 0 Å². The monoisotopic (exact) mass is 401 g/mol. The van der Waals surface area contributed by atoms with Crippen LogP contribution in [-0.2, 0) is 14.3 Å². The van der Waals surface area contributed by atoms with E-state index in [0.717, 1.165) is 16.7 Å². The Hall–Kier alpha value is -3.33. The molecule has 1 saturated heterocycles. The summed E-state index contributed by atoms with van der Waals surface area (Å²) in [6, 6.07) is 9.43. The molecule has 1 aromatic heterocycles. The van der Waals surface area contributed by atoms with E-state index in [0.29, 0.717) is 11.3 Å². The number of hydrogen-bond donors (Lipinski definition) is 0. The van der Waals surface area contributed by atoms with Gasteiger partial charge in [-0.25, -0.2) is 4.79 Å². The van der Waals surface area contributed by atoms with Gasteiger partial charge in [0.2, 0.25) is 5.76 Å². The summed E-state index contributed by atoms with van der Waals surface area (Å²) >= 11 is 0.743. The number of amides is 2. The van der Waals surface area contributed by atoms with Crippen LogP contribution in [0.15, 0.2) is 52.0 Å². The van der Waals surface area contributed by atoms with Gasteiger partial charge in [0.15, 0.2) is 0 Å². The lowest BCUT2D eigenvalue weighted by molar-refractivity contribution is -0.145. The van der Waals surface area contributed by atoms with Crippen molar-refractivity contribution in [3.05, 3.63) is 58.9 Å². The summed E-state index contributed by atoms with van der Waals surface area (Å²) in [5.74, 6) is -1.45. The second kappa shape index (κ2) is 8.57. The maximum Gasteiger partial charge on any atom is 0.379 e. The van der Waals surface area contributed by atoms with Crippen LogP contribution in [-0.4, -0.2) is 41.1 Å². The second-order valence-electron chi connectivity index (χ2n) is 5.51. The molecule has 1 aliphatic heterocycles. The van der Waals surface area contributed by atoms with E-state index in [1.54, 1.807) is 37.3 Å². The fourth-order valence-electron chi connectivity index (χ4n) is 2.31. The van der Waals surface area contributed by atoms with Gasteiger partial charge in [0, 0.05) is 0 Å². The summed E-state index contributed by atoms with van der Waals surface area (Å²) in [6.45, 7) is 1.39. The zero-order valence-corrected chi connectivity index (χ0v) is 15.6. The summed E-state index contributed by atoms with van der Waals surface area (Å²) in [6.07, 6.45) is 2.89. The third kappa shape index (κ3) is 4.49. The molecule has 0 saturated carbocycles. The van der Waals surface area contributed by atoms with E-state index < -0.39 is 29.6 Å². The van der Waals surface area contributed by atoms with Crippen molar-refractivity contribution >= 4 is 40.9 Å². The Balaban J connectivity index is 1.66.